The van der Waals surface area contributed by atoms with Gasteiger partial charge in [-0.15, -0.1) is 0 Å². The Kier molecular flexibility index (Phi) is 5.18. The van der Waals surface area contributed by atoms with Gasteiger partial charge in [-0.25, -0.2) is 0 Å². The second-order valence-corrected chi connectivity index (χ2v) is 5.39. The molecule has 1 rings (SSSR count). The van der Waals surface area contributed by atoms with E-state index in [0.29, 0.717) is 30.1 Å². The van der Waals surface area contributed by atoms with Crippen LogP contribution in [0.1, 0.15) is 30.6 Å². The maximum Gasteiger partial charge on any atom is 0.250 e. The van der Waals surface area contributed by atoms with Gasteiger partial charge in [0, 0.05) is 20.3 Å². The van der Waals surface area contributed by atoms with Crippen molar-refractivity contribution in [1.29, 1.82) is 0 Å². The minimum Gasteiger partial charge on any atom is -0.397 e. The number of methoxy groups -OCH3 is 1. The Labute approximate surface area is 114 Å². The van der Waals surface area contributed by atoms with Gasteiger partial charge in [0.25, 0.3) is 5.91 Å². The van der Waals surface area contributed by atoms with Crippen LogP contribution in [0.5, 0.6) is 0 Å². The summed E-state index contributed by atoms with van der Waals surface area (Å²) in [6.45, 7) is 5.64. The summed E-state index contributed by atoms with van der Waals surface area (Å²) >= 11 is 0. The maximum absolute atomic E-state index is 11.4. The minimum atomic E-state index is -0.482. The fraction of sp³-hybridized carbons (Fsp3) is 0.500. The predicted octanol–water partition coefficient (Wildman–Crippen LogP) is 1.84. The number of hydrogen-bond donors (Lipinski definition) is 3. The number of primary amides is 1. The van der Waals surface area contributed by atoms with Crippen LogP contribution in [-0.4, -0.2) is 26.2 Å². The molecule has 0 fully saturated rings. The second kappa shape index (κ2) is 6.43. The quantitative estimate of drug-likeness (QED) is 0.656. The van der Waals surface area contributed by atoms with Gasteiger partial charge in [0.15, 0.2) is 0 Å². The highest BCUT2D eigenvalue weighted by molar-refractivity contribution is 6.01. The van der Waals surface area contributed by atoms with E-state index < -0.39 is 5.91 Å². The number of carbonyl (C=O) groups excluding carboxylic acids is 1. The monoisotopic (exact) mass is 265 g/mol. The molecule has 5 heteroatoms. The van der Waals surface area contributed by atoms with Crippen LogP contribution in [0.15, 0.2) is 18.2 Å². The van der Waals surface area contributed by atoms with E-state index in [-0.39, 0.29) is 5.41 Å². The number of rotatable bonds is 7. The Morgan fingerprint density at radius 2 is 2.11 bits per heavy atom. The van der Waals surface area contributed by atoms with Crippen molar-refractivity contribution in [1.82, 2.24) is 0 Å². The summed E-state index contributed by atoms with van der Waals surface area (Å²) < 4.78 is 5.09. The second-order valence-electron chi connectivity index (χ2n) is 5.39. The van der Waals surface area contributed by atoms with Crippen molar-refractivity contribution in [3.05, 3.63) is 23.8 Å². The van der Waals surface area contributed by atoms with E-state index in [1.807, 2.05) is 0 Å². The average molecular weight is 265 g/mol. The summed E-state index contributed by atoms with van der Waals surface area (Å²) in [6, 6.07) is 5.14. The summed E-state index contributed by atoms with van der Waals surface area (Å²) in [5, 5.41) is 3.23. The first-order chi connectivity index (χ1) is 8.87. The molecular weight excluding hydrogens is 242 g/mol. The lowest BCUT2D eigenvalue weighted by atomic mass is 9.89. The molecule has 0 atom stereocenters. The summed E-state index contributed by atoms with van der Waals surface area (Å²) in [5.74, 6) is -0.482. The number of nitrogens with two attached hydrogens (primary N) is 2. The first-order valence-corrected chi connectivity index (χ1v) is 6.28. The van der Waals surface area contributed by atoms with Gasteiger partial charge in [0.2, 0.25) is 0 Å². The van der Waals surface area contributed by atoms with Gasteiger partial charge in [0.05, 0.1) is 16.9 Å². The van der Waals surface area contributed by atoms with Crippen molar-refractivity contribution in [2.45, 2.75) is 20.3 Å². The highest BCUT2D eigenvalue weighted by Crippen LogP contribution is 2.26. The first kappa shape index (κ1) is 15.3. The third-order valence-corrected chi connectivity index (χ3v) is 3.09. The molecule has 106 valence electrons. The molecule has 0 unspecified atom stereocenters. The zero-order valence-electron chi connectivity index (χ0n) is 11.8. The Bertz CT molecular complexity index is 444. The zero-order chi connectivity index (χ0) is 14.5. The van der Waals surface area contributed by atoms with Crippen LogP contribution in [0.3, 0.4) is 0 Å². The molecule has 0 aromatic heterocycles. The van der Waals surface area contributed by atoms with Crippen LogP contribution in [-0.2, 0) is 4.74 Å². The van der Waals surface area contributed by atoms with Crippen molar-refractivity contribution in [2.24, 2.45) is 11.1 Å². The smallest absolute Gasteiger partial charge is 0.250 e. The lowest BCUT2D eigenvalue weighted by Crippen LogP contribution is -2.26. The standard InChI is InChI=1S/C14H23N3O2/c1-14(2,7-8-19-3)9-17-12-10(13(16)18)5-4-6-11(12)15/h4-6,17H,7-9,15H2,1-3H3,(H2,16,18). The Morgan fingerprint density at radius 1 is 1.42 bits per heavy atom. The number of anilines is 2. The topological polar surface area (TPSA) is 90.4 Å². The Balaban J connectivity index is 2.80. The van der Waals surface area contributed by atoms with Crippen LogP contribution in [0.25, 0.3) is 0 Å². The highest BCUT2D eigenvalue weighted by atomic mass is 16.5. The first-order valence-electron chi connectivity index (χ1n) is 6.28. The van der Waals surface area contributed by atoms with Gasteiger partial charge in [-0.05, 0) is 24.0 Å². The fourth-order valence-electron chi connectivity index (χ4n) is 1.77. The highest BCUT2D eigenvalue weighted by Gasteiger charge is 2.19. The number of para-hydroxylation sites is 1. The molecule has 19 heavy (non-hydrogen) atoms. The normalized spacial score (nSPS) is 11.3. The van der Waals surface area contributed by atoms with Crippen molar-refractivity contribution in [3.8, 4) is 0 Å². The van der Waals surface area contributed by atoms with E-state index in [4.69, 9.17) is 16.2 Å². The average Bonchev–Trinajstić information content (AvgIpc) is 2.34. The van der Waals surface area contributed by atoms with E-state index in [1.54, 1.807) is 25.3 Å². The minimum absolute atomic E-state index is 0.0349. The van der Waals surface area contributed by atoms with Crippen LogP contribution < -0.4 is 16.8 Å². The molecule has 1 aromatic rings. The van der Waals surface area contributed by atoms with Gasteiger partial charge >= 0.3 is 0 Å². The molecule has 5 nitrogen and oxygen atoms in total. The molecule has 5 N–H and O–H groups in total. The molecule has 0 saturated carbocycles. The molecule has 1 amide bonds. The predicted molar refractivity (Wildman–Crippen MR) is 78.1 cm³/mol. The van der Waals surface area contributed by atoms with E-state index in [9.17, 15) is 4.79 Å². The molecule has 1 aromatic carbocycles. The van der Waals surface area contributed by atoms with Gasteiger partial charge < -0.3 is 21.5 Å². The van der Waals surface area contributed by atoms with Gasteiger partial charge in [-0.2, -0.15) is 0 Å². The number of benzene rings is 1. The molecule has 0 aliphatic carbocycles. The molecule has 0 radical (unpaired) electrons. The summed E-state index contributed by atoms with van der Waals surface area (Å²) in [4.78, 5) is 11.4. The molecule has 0 aliphatic rings. The van der Waals surface area contributed by atoms with Crippen LogP contribution in [0.2, 0.25) is 0 Å². The number of carbonyl (C=O) groups is 1. The third kappa shape index (κ3) is 4.44. The van der Waals surface area contributed by atoms with Crippen molar-refractivity contribution in [2.75, 3.05) is 31.3 Å². The number of hydrogen-bond acceptors (Lipinski definition) is 4. The van der Waals surface area contributed by atoms with Gasteiger partial charge in [0.1, 0.15) is 0 Å². The SMILES string of the molecule is COCCC(C)(C)CNc1c(N)cccc1C(N)=O. The van der Waals surface area contributed by atoms with Gasteiger partial charge in [-0.3, -0.25) is 4.79 Å². The zero-order valence-corrected chi connectivity index (χ0v) is 11.8. The van der Waals surface area contributed by atoms with E-state index in [1.165, 1.54) is 0 Å². The maximum atomic E-state index is 11.4. The molecule has 0 heterocycles. The fourth-order valence-corrected chi connectivity index (χ4v) is 1.77. The molecule has 0 aliphatic heterocycles. The molecular formula is C14H23N3O2. The number of amides is 1. The van der Waals surface area contributed by atoms with Crippen molar-refractivity contribution >= 4 is 17.3 Å². The number of nitrogens with one attached hydrogen (secondary N) is 1. The molecule has 0 saturated heterocycles. The Hall–Kier alpha value is -1.75. The van der Waals surface area contributed by atoms with E-state index >= 15 is 0 Å². The molecule has 0 spiro atoms. The van der Waals surface area contributed by atoms with Crippen molar-refractivity contribution < 1.29 is 9.53 Å². The van der Waals surface area contributed by atoms with Crippen LogP contribution in [0.4, 0.5) is 11.4 Å². The summed E-state index contributed by atoms with van der Waals surface area (Å²) in [6.07, 6.45) is 0.912. The molecule has 0 bridgehead atoms. The number of nitrogen functional groups attached to an aromatic ring is 1. The van der Waals surface area contributed by atoms with Crippen LogP contribution >= 0.6 is 0 Å². The summed E-state index contributed by atoms with van der Waals surface area (Å²) in [7, 11) is 1.68. The third-order valence-electron chi connectivity index (χ3n) is 3.09. The van der Waals surface area contributed by atoms with Gasteiger partial charge in [-0.1, -0.05) is 19.9 Å². The Morgan fingerprint density at radius 3 is 2.68 bits per heavy atom. The van der Waals surface area contributed by atoms with E-state index in [0.717, 1.165) is 6.42 Å². The lowest BCUT2D eigenvalue weighted by molar-refractivity contribution is 0.100. The van der Waals surface area contributed by atoms with E-state index in [2.05, 4.69) is 19.2 Å². The number of ether oxygens (including phenoxy) is 1. The van der Waals surface area contributed by atoms with Crippen LogP contribution in [0, 0.1) is 5.41 Å². The van der Waals surface area contributed by atoms with Crippen molar-refractivity contribution in [3.63, 3.8) is 0 Å². The lowest BCUT2D eigenvalue weighted by Gasteiger charge is -2.26. The largest absolute Gasteiger partial charge is 0.397 e. The summed E-state index contributed by atoms with van der Waals surface area (Å²) in [5.41, 5.74) is 12.8.